The van der Waals surface area contributed by atoms with Gasteiger partial charge in [0.2, 0.25) is 0 Å². The number of nitrogens with zero attached hydrogens (tertiary/aromatic N) is 4. The summed E-state index contributed by atoms with van der Waals surface area (Å²) in [5.74, 6) is -0.456. The number of carbonyl (C=O) groups excluding carboxylic acids is 1. The van der Waals surface area contributed by atoms with Crippen molar-refractivity contribution in [2.24, 2.45) is 0 Å². The molecule has 2 heterocycles. The molecule has 2 aromatic heterocycles. The predicted molar refractivity (Wildman–Crippen MR) is 72.1 cm³/mol. The van der Waals surface area contributed by atoms with Gasteiger partial charge in [-0.25, -0.2) is 4.68 Å². The highest BCUT2D eigenvalue weighted by molar-refractivity contribution is 5.92. The summed E-state index contributed by atoms with van der Waals surface area (Å²) >= 11 is 0. The molecular weight excluding hydrogens is 280 g/mol. The fraction of sp³-hybridized carbons (Fsp3) is 0.462. The van der Waals surface area contributed by atoms with Crippen LogP contribution in [0.5, 0.6) is 0 Å². The summed E-state index contributed by atoms with van der Waals surface area (Å²) in [6.07, 6.45) is 1.78. The Morgan fingerprint density at radius 3 is 2.71 bits per heavy atom. The molecule has 2 rings (SSSR count). The van der Waals surface area contributed by atoms with Gasteiger partial charge in [0.05, 0.1) is 5.69 Å². The van der Waals surface area contributed by atoms with Crippen LogP contribution in [-0.4, -0.2) is 32.0 Å². The molecule has 2 aromatic rings. The number of hydrogen-bond donors (Lipinski definition) is 1. The van der Waals surface area contributed by atoms with Crippen LogP contribution < -0.4 is 5.32 Å². The van der Waals surface area contributed by atoms with E-state index in [0.717, 1.165) is 17.6 Å². The Labute approximate surface area is 120 Å². The first-order valence-corrected chi connectivity index (χ1v) is 6.60. The van der Waals surface area contributed by atoms with Crippen LogP contribution in [-0.2, 0) is 6.54 Å². The standard InChI is InChI=1S/C13H17F2N5O/c1-9-8-10(2)19(17-9)6-3-5-16-12(21)11-4-7-20(18-11)13(14)15/h4,7-8,13H,3,5-6H2,1-2H3,(H,16,21). The maximum absolute atomic E-state index is 12.3. The zero-order valence-electron chi connectivity index (χ0n) is 11.9. The molecule has 21 heavy (non-hydrogen) atoms. The molecule has 0 fully saturated rings. The van der Waals surface area contributed by atoms with Crippen LogP contribution in [0.1, 0.15) is 34.8 Å². The molecule has 0 unspecified atom stereocenters. The van der Waals surface area contributed by atoms with Crippen molar-refractivity contribution in [1.82, 2.24) is 24.9 Å². The third kappa shape index (κ3) is 3.87. The van der Waals surface area contributed by atoms with Gasteiger partial charge in [-0.3, -0.25) is 9.48 Å². The molecule has 0 aromatic carbocycles. The molecule has 1 N–H and O–H groups in total. The predicted octanol–water partition coefficient (Wildman–Crippen LogP) is 1.91. The highest BCUT2D eigenvalue weighted by Gasteiger charge is 2.12. The minimum absolute atomic E-state index is 0.0126. The van der Waals surface area contributed by atoms with E-state index in [1.54, 1.807) is 0 Å². The van der Waals surface area contributed by atoms with Gasteiger partial charge >= 0.3 is 6.55 Å². The van der Waals surface area contributed by atoms with Gasteiger partial charge in [-0.15, -0.1) is 0 Å². The van der Waals surface area contributed by atoms with Crippen molar-refractivity contribution in [2.45, 2.75) is 33.4 Å². The molecule has 0 aliphatic carbocycles. The molecular formula is C13H17F2N5O. The Morgan fingerprint density at radius 2 is 2.14 bits per heavy atom. The van der Waals surface area contributed by atoms with E-state index in [2.05, 4.69) is 15.5 Å². The van der Waals surface area contributed by atoms with E-state index in [1.807, 2.05) is 24.6 Å². The first kappa shape index (κ1) is 15.1. The second kappa shape index (κ2) is 6.47. The van der Waals surface area contributed by atoms with Gasteiger partial charge in [-0.05, 0) is 32.4 Å². The average molecular weight is 297 g/mol. The lowest BCUT2D eigenvalue weighted by Crippen LogP contribution is -2.26. The maximum Gasteiger partial charge on any atom is 0.333 e. The van der Waals surface area contributed by atoms with E-state index in [0.29, 0.717) is 24.2 Å². The van der Waals surface area contributed by atoms with Crippen molar-refractivity contribution in [2.75, 3.05) is 6.54 Å². The summed E-state index contributed by atoms with van der Waals surface area (Å²) in [7, 11) is 0. The molecule has 8 heteroatoms. The molecule has 6 nitrogen and oxygen atoms in total. The third-order valence-corrected chi connectivity index (χ3v) is 2.98. The Hall–Kier alpha value is -2.25. The number of nitrogens with one attached hydrogen (secondary N) is 1. The van der Waals surface area contributed by atoms with Crippen LogP contribution >= 0.6 is 0 Å². The fourth-order valence-electron chi connectivity index (χ4n) is 1.99. The van der Waals surface area contributed by atoms with Crippen LogP contribution in [0.4, 0.5) is 8.78 Å². The second-order valence-electron chi connectivity index (χ2n) is 4.72. The number of rotatable bonds is 6. The van der Waals surface area contributed by atoms with Crippen molar-refractivity contribution < 1.29 is 13.6 Å². The number of aromatic nitrogens is 4. The van der Waals surface area contributed by atoms with E-state index >= 15 is 0 Å². The number of carbonyl (C=O) groups is 1. The minimum Gasteiger partial charge on any atom is -0.351 e. The highest BCUT2D eigenvalue weighted by Crippen LogP contribution is 2.08. The van der Waals surface area contributed by atoms with Gasteiger partial charge in [0.15, 0.2) is 0 Å². The Balaban J connectivity index is 1.77. The first-order chi connectivity index (χ1) is 9.97. The normalized spacial score (nSPS) is 11.1. The van der Waals surface area contributed by atoms with E-state index in [4.69, 9.17) is 0 Å². The monoisotopic (exact) mass is 297 g/mol. The topological polar surface area (TPSA) is 64.7 Å². The highest BCUT2D eigenvalue weighted by atomic mass is 19.3. The summed E-state index contributed by atoms with van der Waals surface area (Å²) in [5.41, 5.74) is 2.00. The van der Waals surface area contributed by atoms with E-state index in [1.165, 1.54) is 6.07 Å². The molecule has 0 atom stereocenters. The zero-order valence-corrected chi connectivity index (χ0v) is 11.9. The lowest BCUT2D eigenvalue weighted by Gasteiger charge is -2.05. The smallest absolute Gasteiger partial charge is 0.333 e. The van der Waals surface area contributed by atoms with Gasteiger partial charge < -0.3 is 5.32 Å². The average Bonchev–Trinajstić information content (AvgIpc) is 3.02. The maximum atomic E-state index is 12.3. The summed E-state index contributed by atoms with van der Waals surface area (Å²) in [5, 5.41) is 10.5. The van der Waals surface area contributed by atoms with Crippen LogP contribution in [0.25, 0.3) is 0 Å². The van der Waals surface area contributed by atoms with Crippen molar-refractivity contribution in [3.05, 3.63) is 35.4 Å². The number of alkyl halides is 2. The Bertz CT molecular complexity index is 620. The van der Waals surface area contributed by atoms with Gasteiger partial charge in [-0.2, -0.15) is 19.0 Å². The van der Waals surface area contributed by atoms with Crippen LogP contribution in [0.15, 0.2) is 18.3 Å². The number of hydrogen-bond acceptors (Lipinski definition) is 3. The number of amides is 1. The molecule has 1 amide bonds. The van der Waals surface area contributed by atoms with E-state index in [-0.39, 0.29) is 5.69 Å². The van der Waals surface area contributed by atoms with E-state index in [9.17, 15) is 13.6 Å². The van der Waals surface area contributed by atoms with Crippen LogP contribution in [0.3, 0.4) is 0 Å². The van der Waals surface area contributed by atoms with E-state index < -0.39 is 12.5 Å². The molecule has 0 bridgehead atoms. The summed E-state index contributed by atoms with van der Waals surface area (Å²) in [6.45, 7) is 2.27. The van der Waals surface area contributed by atoms with Gasteiger partial charge in [0.25, 0.3) is 5.91 Å². The lowest BCUT2D eigenvalue weighted by molar-refractivity contribution is 0.0560. The van der Waals surface area contributed by atoms with Crippen molar-refractivity contribution in [1.29, 1.82) is 0 Å². The molecule has 0 aliphatic heterocycles. The van der Waals surface area contributed by atoms with Crippen molar-refractivity contribution in [3.8, 4) is 0 Å². The van der Waals surface area contributed by atoms with Crippen molar-refractivity contribution in [3.63, 3.8) is 0 Å². The zero-order chi connectivity index (χ0) is 15.4. The van der Waals surface area contributed by atoms with Crippen LogP contribution in [0.2, 0.25) is 0 Å². The second-order valence-corrected chi connectivity index (χ2v) is 4.72. The third-order valence-electron chi connectivity index (χ3n) is 2.98. The molecule has 0 aliphatic rings. The van der Waals surface area contributed by atoms with Gasteiger partial charge in [0.1, 0.15) is 5.69 Å². The Morgan fingerprint density at radius 1 is 1.38 bits per heavy atom. The number of halogens is 2. The molecule has 0 saturated carbocycles. The SMILES string of the molecule is Cc1cc(C)n(CCCNC(=O)c2ccn(C(F)F)n2)n1. The molecule has 114 valence electrons. The quantitative estimate of drug-likeness (QED) is 0.828. The minimum atomic E-state index is -2.74. The van der Waals surface area contributed by atoms with Gasteiger partial charge in [-0.1, -0.05) is 0 Å². The summed E-state index contributed by atoms with van der Waals surface area (Å²) in [6, 6.07) is 3.25. The first-order valence-electron chi connectivity index (χ1n) is 6.60. The number of aryl methyl sites for hydroxylation is 3. The molecule has 0 radical (unpaired) electrons. The summed E-state index contributed by atoms with van der Waals surface area (Å²) < 4.78 is 27.0. The summed E-state index contributed by atoms with van der Waals surface area (Å²) in [4.78, 5) is 11.7. The fourth-order valence-corrected chi connectivity index (χ4v) is 1.99. The van der Waals surface area contributed by atoms with Crippen LogP contribution in [0, 0.1) is 13.8 Å². The molecule has 0 spiro atoms. The van der Waals surface area contributed by atoms with Gasteiger partial charge in [0, 0.05) is 25.0 Å². The molecule has 0 saturated heterocycles. The Kier molecular flexibility index (Phi) is 4.66. The van der Waals surface area contributed by atoms with Crippen molar-refractivity contribution >= 4 is 5.91 Å². The lowest BCUT2D eigenvalue weighted by atomic mass is 10.3. The largest absolute Gasteiger partial charge is 0.351 e.